The molecule has 1 fully saturated rings. The van der Waals surface area contributed by atoms with Gasteiger partial charge in [-0.1, -0.05) is 0 Å². The lowest BCUT2D eigenvalue weighted by atomic mass is 10.2. The van der Waals surface area contributed by atoms with Crippen LogP contribution >= 0.6 is 15.9 Å². The minimum atomic E-state index is -0.0360. The van der Waals surface area contributed by atoms with Gasteiger partial charge in [0.1, 0.15) is 5.76 Å². The summed E-state index contributed by atoms with van der Waals surface area (Å²) in [4.78, 5) is 13.3. The van der Waals surface area contributed by atoms with Crippen LogP contribution in [0.15, 0.2) is 45.5 Å². The molecule has 1 aliphatic heterocycles. The number of amides is 2. The number of furan rings is 1. The molecule has 0 unspecified atom stereocenters. The fourth-order valence-electron chi connectivity index (χ4n) is 2.11. The Kier molecular flexibility index (Phi) is 3.64. The number of nitrogens with zero attached hydrogens (tertiary/aromatic N) is 1. The van der Waals surface area contributed by atoms with Crippen LogP contribution in [-0.2, 0) is 6.54 Å². The van der Waals surface area contributed by atoms with E-state index in [1.54, 1.807) is 4.90 Å². The van der Waals surface area contributed by atoms with E-state index in [2.05, 4.69) is 26.6 Å². The lowest BCUT2D eigenvalue weighted by molar-refractivity contribution is 0.252. The molecular formula is C14H14BrN3O2. The Labute approximate surface area is 125 Å². The predicted octanol–water partition coefficient (Wildman–Crippen LogP) is 3.18. The summed E-state index contributed by atoms with van der Waals surface area (Å²) in [5.74, 6) is 0.861. The summed E-state index contributed by atoms with van der Waals surface area (Å²) < 4.78 is 6.14. The fourth-order valence-corrected chi connectivity index (χ4v) is 2.45. The molecule has 2 N–H and O–H groups in total. The molecule has 2 amide bonds. The monoisotopic (exact) mass is 335 g/mol. The molecule has 1 aromatic heterocycles. The normalized spacial score (nSPS) is 14.4. The Morgan fingerprint density at radius 2 is 2.05 bits per heavy atom. The number of nitrogens with one attached hydrogen (secondary N) is 2. The Bertz CT molecular complexity index is 609. The fraction of sp³-hybridized carbons (Fsp3) is 0.214. The zero-order valence-electron chi connectivity index (χ0n) is 10.7. The van der Waals surface area contributed by atoms with Crippen molar-refractivity contribution in [2.24, 2.45) is 0 Å². The summed E-state index contributed by atoms with van der Waals surface area (Å²) in [6.45, 7) is 2.04. The number of carbonyl (C=O) groups is 1. The second-order valence-electron chi connectivity index (χ2n) is 4.49. The first-order valence-electron chi connectivity index (χ1n) is 6.36. The highest BCUT2D eigenvalue weighted by atomic mass is 79.9. The number of anilines is 2. The summed E-state index contributed by atoms with van der Waals surface area (Å²) >= 11 is 3.27. The largest absolute Gasteiger partial charge is 0.452 e. The van der Waals surface area contributed by atoms with Gasteiger partial charge in [0.15, 0.2) is 4.67 Å². The lowest BCUT2D eigenvalue weighted by Crippen LogP contribution is -2.27. The van der Waals surface area contributed by atoms with E-state index < -0.39 is 0 Å². The number of rotatable bonds is 4. The van der Waals surface area contributed by atoms with E-state index in [0.717, 1.165) is 21.8 Å². The van der Waals surface area contributed by atoms with Gasteiger partial charge in [0.25, 0.3) is 0 Å². The van der Waals surface area contributed by atoms with Gasteiger partial charge in [-0.2, -0.15) is 0 Å². The smallest absolute Gasteiger partial charge is 0.321 e. The molecule has 0 atom stereocenters. The molecular weight excluding hydrogens is 322 g/mol. The molecule has 6 heteroatoms. The van der Waals surface area contributed by atoms with Crippen molar-refractivity contribution < 1.29 is 9.21 Å². The Morgan fingerprint density at radius 3 is 2.65 bits per heavy atom. The SMILES string of the molecule is O=C1NCCN1c1ccc(NCc2ccc(Br)o2)cc1. The summed E-state index contributed by atoms with van der Waals surface area (Å²) in [6, 6.07) is 11.5. The Balaban J connectivity index is 1.62. The van der Waals surface area contributed by atoms with Crippen LogP contribution in [0.4, 0.5) is 16.2 Å². The molecule has 104 valence electrons. The second kappa shape index (κ2) is 5.58. The first-order chi connectivity index (χ1) is 9.72. The van der Waals surface area contributed by atoms with Gasteiger partial charge >= 0.3 is 6.03 Å². The van der Waals surface area contributed by atoms with Crippen LogP contribution in [0.25, 0.3) is 0 Å². The highest BCUT2D eigenvalue weighted by Crippen LogP contribution is 2.20. The zero-order valence-corrected chi connectivity index (χ0v) is 12.3. The van der Waals surface area contributed by atoms with Gasteiger partial charge in [0, 0.05) is 24.5 Å². The molecule has 1 aromatic carbocycles. The van der Waals surface area contributed by atoms with Crippen molar-refractivity contribution in [2.45, 2.75) is 6.54 Å². The maximum absolute atomic E-state index is 11.6. The number of hydrogen-bond donors (Lipinski definition) is 2. The van der Waals surface area contributed by atoms with Crippen molar-refractivity contribution in [3.05, 3.63) is 46.8 Å². The van der Waals surface area contributed by atoms with Crippen molar-refractivity contribution >= 4 is 33.3 Å². The zero-order chi connectivity index (χ0) is 13.9. The lowest BCUT2D eigenvalue weighted by Gasteiger charge is -2.14. The van der Waals surface area contributed by atoms with Gasteiger partial charge in [-0.05, 0) is 52.3 Å². The maximum atomic E-state index is 11.6. The number of hydrogen-bond acceptors (Lipinski definition) is 3. The summed E-state index contributed by atoms with van der Waals surface area (Å²) in [7, 11) is 0. The molecule has 2 aromatic rings. The summed E-state index contributed by atoms with van der Waals surface area (Å²) in [5, 5.41) is 6.06. The summed E-state index contributed by atoms with van der Waals surface area (Å²) in [6.07, 6.45) is 0. The molecule has 0 spiro atoms. The van der Waals surface area contributed by atoms with Crippen LogP contribution in [0.1, 0.15) is 5.76 Å². The maximum Gasteiger partial charge on any atom is 0.321 e. The minimum Gasteiger partial charge on any atom is -0.452 e. The van der Waals surface area contributed by atoms with Crippen LogP contribution in [-0.4, -0.2) is 19.1 Å². The van der Waals surface area contributed by atoms with Gasteiger partial charge in [0.2, 0.25) is 0 Å². The van der Waals surface area contributed by atoms with E-state index in [1.165, 1.54) is 0 Å². The third-order valence-corrected chi connectivity index (χ3v) is 3.56. The number of halogens is 1. The molecule has 1 saturated heterocycles. The molecule has 0 saturated carbocycles. The van der Waals surface area contributed by atoms with E-state index in [-0.39, 0.29) is 6.03 Å². The van der Waals surface area contributed by atoms with E-state index in [0.29, 0.717) is 19.6 Å². The van der Waals surface area contributed by atoms with E-state index in [1.807, 2.05) is 36.4 Å². The first-order valence-corrected chi connectivity index (χ1v) is 7.15. The van der Waals surface area contributed by atoms with E-state index >= 15 is 0 Å². The van der Waals surface area contributed by atoms with Crippen molar-refractivity contribution in [1.82, 2.24) is 5.32 Å². The van der Waals surface area contributed by atoms with Gasteiger partial charge < -0.3 is 15.1 Å². The van der Waals surface area contributed by atoms with E-state index in [4.69, 9.17) is 4.42 Å². The molecule has 0 aliphatic carbocycles. The van der Waals surface area contributed by atoms with Gasteiger partial charge in [-0.15, -0.1) is 0 Å². The molecule has 2 heterocycles. The van der Waals surface area contributed by atoms with Crippen LogP contribution in [0.3, 0.4) is 0 Å². The van der Waals surface area contributed by atoms with Crippen molar-refractivity contribution in [2.75, 3.05) is 23.3 Å². The average Bonchev–Trinajstić information content (AvgIpc) is 3.06. The third kappa shape index (κ3) is 2.80. The van der Waals surface area contributed by atoms with Gasteiger partial charge in [-0.25, -0.2) is 4.79 Å². The molecule has 5 nitrogen and oxygen atoms in total. The van der Waals surface area contributed by atoms with Crippen LogP contribution < -0.4 is 15.5 Å². The topological polar surface area (TPSA) is 57.5 Å². The molecule has 0 bridgehead atoms. The molecule has 3 rings (SSSR count). The Hall–Kier alpha value is -1.95. The van der Waals surface area contributed by atoms with Crippen LogP contribution in [0.2, 0.25) is 0 Å². The van der Waals surface area contributed by atoms with Crippen molar-refractivity contribution in [3.8, 4) is 0 Å². The quantitative estimate of drug-likeness (QED) is 0.902. The van der Waals surface area contributed by atoms with Crippen LogP contribution in [0.5, 0.6) is 0 Å². The highest BCUT2D eigenvalue weighted by Gasteiger charge is 2.20. The molecule has 0 radical (unpaired) electrons. The highest BCUT2D eigenvalue weighted by molar-refractivity contribution is 9.10. The van der Waals surface area contributed by atoms with Crippen LogP contribution in [0, 0.1) is 0 Å². The van der Waals surface area contributed by atoms with Gasteiger partial charge in [0.05, 0.1) is 6.54 Å². The molecule has 20 heavy (non-hydrogen) atoms. The second-order valence-corrected chi connectivity index (χ2v) is 5.27. The standard InChI is InChI=1S/C14H14BrN3O2/c15-13-6-5-12(20-13)9-17-10-1-3-11(4-2-10)18-8-7-16-14(18)19/h1-6,17H,7-9H2,(H,16,19). The minimum absolute atomic E-state index is 0.0360. The third-order valence-electron chi connectivity index (χ3n) is 3.13. The average molecular weight is 336 g/mol. The number of carbonyl (C=O) groups excluding carboxylic acids is 1. The summed E-state index contributed by atoms with van der Waals surface area (Å²) in [5.41, 5.74) is 1.90. The molecule has 1 aliphatic rings. The number of benzene rings is 1. The van der Waals surface area contributed by atoms with Gasteiger partial charge in [-0.3, -0.25) is 4.90 Å². The van der Waals surface area contributed by atoms with Crippen molar-refractivity contribution in [1.29, 1.82) is 0 Å². The Morgan fingerprint density at radius 1 is 1.25 bits per heavy atom. The first kappa shape index (κ1) is 13.1. The van der Waals surface area contributed by atoms with Crippen molar-refractivity contribution in [3.63, 3.8) is 0 Å². The predicted molar refractivity (Wildman–Crippen MR) is 80.9 cm³/mol. The van der Waals surface area contributed by atoms with E-state index in [9.17, 15) is 4.79 Å². The number of urea groups is 1.